The molecule has 3 rings (SSSR count). The second-order valence-corrected chi connectivity index (χ2v) is 2.73. The lowest BCUT2D eigenvalue weighted by Gasteiger charge is -2.22. The van der Waals surface area contributed by atoms with E-state index in [1.807, 2.05) is 6.41 Å². The van der Waals surface area contributed by atoms with Gasteiger partial charge in [0, 0.05) is 12.6 Å². The Hall–Kier alpha value is -0.530. The van der Waals surface area contributed by atoms with Crippen LogP contribution in [0.2, 0.25) is 0 Å². The first-order valence-corrected chi connectivity index (χ1v) is 3.04. The van der Waals surface area contributed by atoms with Crippen LogP contribution in [0.5, 0.6) is 0 Å². The normalized spacial score (nSPS) is 41.8. The zero-order valence-corrected chi connectivity index (χ0v) is 4.63. The maximum atomic E-state index is 10.0. The SMILES string of the molecule is O=[C]N1CC2CC1C2. The number of hydrogen-bond acceptors (Lipinski definition) is 1. The van der Waals surface area contributed by atoms with Crippen molar-refractivity contribution >= 4 is 6.41 Å². The highest BCUT2D eigenvalue weighted by molar-refractivity contribution is 5.50. The van der Waals surface area contributed by atoms with E-state index in [1.54, 1.807) is 4.90 Å². The Bertz CT molecular complexity index is 118. The van der Waals surface area contributed by atoms with Gasteiger partial charge in [-0.1, -0.05) is 0 Å². The second-order valence-electron chi connectivity index (χ2n) is 2.73. The van der Waals surface area contributed by atoms with Crippen molar-refractivity contribution in [2.45, 2.75) is 18.9 Å². The molecule has 3 fully saturated rings. The summed E-state index contributed by atoms with van der Waals surface area (Å²) in [6.45, 7) is 0.980. The van der Waals surface area contributed by atoms with E-state index in [4.69, 9.17) is 0 Å². The van der Waals surface area contributed by atoms with Gasteiger partial charge >= 0.3 is 6.41 Å². The molecule has 43 valence electrons. The lowest BCUT2D eigenvalue weighted by atomic mass is 9.86. The van der Waals surface area contributed by atoms with Gasteiger partial charge in [0.1, 0.15) is 0 Å². The quantitative estimate of drug-likeness (QED) is 0.470. The van der Waals surface area contributed by atoms with Gasteiger partial charge in [0.05, 0.1) is 0 Å². The summed E-state index contributed by atoms with van der Waals surface area (Å²) in [7, 11) is 0. The van der Waals surface area contributed by atoms with Crippen molar-refractivity contribution < 1.29 is 4.79 Å². The third-order valence-electron chi connectivity index (χ3n) is 2.22. The summed E-state index contributed by atoms with van der Waals surface area (Å²) in [5.41, 5.74) is 0. The van der Waals surface area contributed by atoms with Gasteiger partial charge in [-0.2, -0.15) is 0 Å². The van der Waals surface area contributed by atoms with Crippen LogP contribution in [0.1, 0.15) is 12.8 Å². The van der Waals surface area contributed by atoms with Gasteiger partial charge in [-0.05, 0) is 18.8 Å². The fourth-order valence-corrected chi connectivity index (χ4v) is 1.64. The molecule has 1 amide bonds. The average Bonchev–Trinajstić information content (AvgIpc) is 2.15. The molecule has 0 spiro atoms. The topological polar surface area (TPSA) is 20.3 Å². The van der Waals surface area contributed by atoms with E-state index in [-0.39, 0.29) is 0 Å². The minimum atomic E-state index is 0.581. The molecular weight excluding hydrogens is 102 g/mol. The molecule has 2 heteroatoms. The summed E-state index contributed by atoms with van der Waals surface area (Å²) in [5.74, 6) is 0.835. The molecule has 8 heavy (non-hydrogen) atoms. The van der Waals surface area contributed by atoms with Crippen LogP contribution < -0.4 is 0 Å². The van der Waals surface area contributed by atoms with E-state index in [9.17, 15) is 4.79 Å². The van der Waals surface area contributed by atoms with Gasteiger partial charge in [-0.25, -0.2) is 0 Å². The molecule has 1 radical (unpaired) electrons. The molecule has 0 aromatic carbocycles. The highest BCUT2D eigenvalue weighted by Crippen LogP contribution is 2.39. The molecule has 0 unspecified atom stereocenters. The van der Waals surface area contributed by atoms with Crippen molar-refractivity contribution in [3.8, 4) is 0 Å². The Morgan fingerprint density at radius 1 is 1.50 bits per heavy atom. The molecule has 0 atom stereocenters. The number of rotatable bonds is 1. The van der Waals surface area contributed by atoms with Gasteiger partial charge in [0.25, 0.3) is 0 Å². The van der Waals surface area contributed by atoms with Gasteiger partial charge < -0.3 is 4.90 Å². The summed E-state index contributed by atoms with van der Waals surface area (Å²) in [6.07, 6.45) is 4.43. The molecular formula is C6H8NO. The van der Waals surface area contributed by atoms with Crippen molar-refractivity contribution in [3.63, 3.8) is 0 Å². The molecule has 2 bridgehead atoms. The molecule has 1 aliphatic carbocycles. The maximum Gasteiger partial charge on any atom is 0.312 e. The van der Waals surface area contributed by atoms with Crippen LogP contribution in [0, 0.1) is 5.92 Å². The predicted molar refractivity (Wildman–Crippen MR) is 28.9 cm³/mol. The number of fused-ring (bicyclic) bond motifs is 1. The minimum absolute atomic E-state index is 0.581. The Labute approximate surface area is 48.5 Å². The number of nitrogens with zero attached hydrogens (tertiary/aromatic N) is 1. The van der Waals surface area contributed by atoms with E-state index in [0.29, 0.717) is 6.04 Å². The minimum Gasteiger partial charge on any atom is -0.331 e. The van der Waals surface area contributed by atoms with Gasteiger partial charge in [-0.15, -0.1) is 0 Å². The molecule has 2 saturated heterocycles. The van der Waals surface area contributed by atoms with Crippen molar-refractivity contribution in [1.82, 2.24) is 4.90 Å². The Morgan fingerprint density at radius 3 is 2.50 bits per heavy atom. The van der Waals surface area contributed by atoms with E-state index in [2.05, 4.69) is 0 Å². The maximum absolute atomic E-state index is 10.0. The van der Waals surface area contributed by atoms with E-state index >= 15 is 0 Å². The van der Waals surface area contributed by atoms with E-state index in [1.165, 1.54) is 12.8 Å². The molecule has 1 saturated carbocycles. The van der Waals surface area contributed by atoms with Crippen LogP contribution in [0.4, 0.5) is 0 Å². The summed E-state index contributed by atoms with van der Waals surface area (Å²) in [5, 5.41) is 0. The van der Waals surface area contributed by atoms with Gasteiger partial charge in [0.15, 0.2) is 0 Å². The van der Waals surface area contributed by atoms with Crippen LogP contribution >= 0.6 is 0 Å². The van der Waals surface area contributed by atoms with Crippen LogP contribution in [-0.4, -0.2) is 23.9 Å². The Kier molecular flexibility index (Phi) is 0.678. The number of amides is 1. The lowest BCUT2D eigenvalue weighted by Crippen LogP contribution is -2.27. The monoisotopic (exact) mass is 110 g/mol. The van der Waals surface area contributed by atoms with Crippen LogP contribution in [0.25, 0.3) is 0 Å². The third-order valence-corrected chi connectivity index (χ3v) is 2.22. The summed E-state index contributed by atoms with van der Waals surface area (Å²) in [6, 6.07) is 0.581. The van der Waals surface area contributed by atoms with Gasteiger partial charge in [-0.3, -0.25) is 4.79 Å². The van der Waals surface area contributed by atoms with Crippen molar-refractivity contribution in [1.29, 1.82) is 0 Å². The lowest BCUT2D eigenvalue weighted by molar-refractivity contribution is 0.313. The number of carbonyl (C=O) groups excluding carboxylic acids is 1. The molecule has 0 N–H and O–H groups in total. The fraction of sp³-hybridized carbons (Fsp3) is 0.833. The molecule has 2 aliphatic heterocycles. The fourth-order valence-electron chi connectivity index (χ4n) is 1.64. The largest absolute Gasteiger partial charge is 0.331 e. The summed E-state index contributed by atoms with van der Waals surface area (Å²) in [4.78, 5) is 11.8. The Balaban J connectivity index is 2.09. The summed E-state index contributed by atoms with van der Waals surface area (Å²) >= 11 is 0. The first-order valence-electron chi connectivity index (χ1n) is 3.04. The smallest absolute Gasteiger partial charge is 0.312 e. The Morgan fingerprint density at radius 2 is 2.25 bits per heavy atom. The molecule has 3 aliphatic rings. The summed E-state index contributed by atoms with van der Waals surface area (Å²) < 4.78 is 0. The predicted octanol–water partition coefficient (Wildman–Crippen LogP) is 0.148. The average molecular weight is 110 g/mol. The van der Waals surface area contributed by atoms with Crippen LogP contribution in [0.3, 0.4) is 0 Å². The molecule has 0 aromatic rings. The first kappa shape index (κ1) is 4.36. The zero-order chi connectivity index (χ0) is 5.56. The number of hydrogen-bond donors (Lipinski definition) is 0. The van der Waals surface area contributed by atoms with E-state index < -0.39 is 0 Å². The second kappa shape index (κ2) is 1.24. The van der Waals surface area contributed by atoms with Crippen molar-refractivity contribution in [3.05, 3.63) is 0 Å². The van der Waals surface area contributed by atoms with Crippen LogP contribution in [-0.2, 0) is 4.79 Å². The van der Waals surface area contributed by atoms with Gasteiger partial charge in [0.2, 0.25) is 0 Å². The van der Waals surface area contributed by atoms with Crippen LogP contribution in [0.15, 0.2) is 0 Å². The highest BCUT2D eigenvalue weighted by atomic mass is 16.1. The van der Waals surface area contributed by atoms with Crippen molar-refractivity contribution in [2.75, 3.05) is 6.54 Å². The highest BCUT2D eigenvalue weighted by Gasteiger charge is 2.42. The zero-order valence-electron chi connectivity index (χ0n) is 4.63. The van der Waals surface area contributed by atoms with E-state index in [0.717, 1.165) is 12.5 Å². The van der Waals surface area contributed by atoms with Crippen molar-refractivity contribution in [2.24, 2.45) is 5.92 Å². The molecule has 0 aromatic heterocycles. The molecule has 2 nitrogen and oxygen atoms in total. The first-order chi connectivity index (χ1) is 3.90. The molecule has 2 heterocycles. The standard InChI is InChI=1S/C6H8NO/c8-4-7-3-5-1-6(7)2-5/h5-6H,1-3H2. The third kappa shape index (κ3) is 0.358.